The number of nitrogens with one attached hydrogen (secondary N) is 1. The molecule has 0 spiro atoms. The van der Waals surface area contributed by atoms with Crippen molar-refractivity contribution in [2.75, 3.05) is 26.8 Å². The fourth-order valence-electron chi connectivity index (χ4n) is 4.48. The van der Waals surface area contributed by atoms with Crippen LogP contribution in [0.25, 0.3) is 0 Å². The second-order valence-corrected chi connectivity index (χ2v) is 8.33. The molecular formula is C17H28N2OS. The lowest BCUT2D eigenvalue weighted by Crippen LogP contribution is -2.41. The minimum Gasteiger partial charge on any atom is -0.383 e. The Hall–Kier alpha value is -0.450. The minimum atomic E-state index is 0.452. The van der Waals surface area contributed by atoms with Crippen LogP contribution in [-0.2, 0) is 11.2 Å². The zero-order valence-electron chi connectivity index (χ0n) is 13.6. The smallest absolute Gasteiger partial charge is 0.0937 e. The highest BCUT2D eigenvalue weighted by molar-refractivity contribution is 7.11. The Kier molecular flexibility index (Phi) is 4.67. The topological polar surface area (TPSA) is 34.1 Å². The molecule has 2 aliphatic carbocycles. The molecule has 2 bridgehead atoms. The van der Waals surface area contributed by atoms with Crippen LogP contribution in [0.15, 0.2) is 0 Å². The van der Waals surface area contributed by atoms with Gasteiger partial charge in [0.2, 0.25) is 0 Å². The molecule has 3 atom stereocenters. The monoisotopic (exact) mass is 308 g/mol. The molecule has 0 aromatic carbocycles. The molecule has 3 rings (SSSR count). The Balaban J connectivity index is 1.70. The molecule has 0 radical (unpaired) electrons. The van der Waals surface area contributed by atoms with Gasteiger partial charge in [-0.15, -0.1) is 11.3 Å². The molecule has 4 heteroatoms. The van der Waals surface area contributed by atoms with E-state index >= 15 is 0 Å². The van der Waals surface area contributed by atoms with Gasteiger partial charge in [0.15, 0.2) is 0 Å². The normalized spacial score (nSPS) is 31.2. The third-order valence-electron chi connectivity index (χ3n) is 5.64. The second-order valence-electron chi connectivity index (χ2n) is 7.04. The van der Waals surface area contributed by atoms with Gasteiger partial charge in [-0.25, -0.2) is 4.98 Å². The number of fused-ring (bicyclic) bond motifs is 2. The number of nitrogens with zero attached hydrogens (tertiary/aromatic N) is 1. The first-order valence-corrected chi connectivity index (χ1v) is 9.07. The molecule has 0 saturated heterocycles. The highest BCUT2D eigenvalue weighted by Crippen LogP contribution is 2.57. The van der Waals surface area contributed by atoms with Crippen LogP contribution in [-0.4, -0.2) is 31.8 Å². The van der Waals surface area contributed by atoms with E-state index in [2.05, 4.69) is 19.2 Å². The number of thiazole rings is 1. The van der Waals surface area contributed by atoms with Gasteiger partial charge in [-0.3, -0.25) is 0 Å². The summed E-state index contributed by atoms with van der Waals surface area (Å²) < 4.78 is 5.17. The molecule has 2 saturated carbocycles. The fraction of sp³-hybridized carbons (Fsp3) is 0.824. The van der Waals surface area contributed by atoms with Gasteiger partial charge in [0.05, 0.1) is 17.3 Å². The van der Waals surface area contributed by atoms with Crippen LogP contribution in [0.2, 0.25) is 0 Å². The Morgan fingerprint density at radius 1 is 1.38 bits per heavy atom. The van der Waals surface area contributed by atoms with Crippen molar-refractivity contribution in [3.63, 3.8) is 0 Å². The van der Waals surface area contributed by atoms with Crippen molar-refractivity contribution in [3.8, 4) is 0 Å². The first kappa shape index (κ1) is 15.4. The standard InChI is InChI=1S/C17H28N2OS/c1-12-13(2)21-16(19-12)10-17(11-18-6-7-20-3)9-14-4-5-15(17)8-14/h14-15,18H,4-11H2,1-3H3. The quantitative estimate of drug-likeness (QED) is 0.784. The minimum absolute atomic E-state index is 0.452. The third-order valence-corrected chi connectivity index (χ3v) is 6.71. The molecule has 0 amide bonds. The van der Waals surface area contributed by atoms with Crippen LogP contribution in [0.1, 0.15) is 41.3 Å². The SMILES string of the molecule is COCCNCC1(Cc2nc(C)c(C)s2)CC2CCC1C2. The Bertz CT molecular complexity index is 468. The van der Waals surface area contributed by atoms with Crippen molar-refractivity contribution < 1.29 is 4.74 Å². The van der Waals surface area contributed by atoms with Crippen LogP contribution in [0.3, 0.4) is 0 Å². The van der Waals surface area contributed by atoms with Crippen LogP contribution < -0.4 is 5.32 Å². The number of hydrogen-bond donors (Lipinski definition) is 1. The van der Waals surface area contributed by atoms with E-state index in [4.69, 9.17) is 9.72 Å². The summed E-state index contributed by atoms with van der Waals surface area (Å²) in [6.45, 7) is 7.24. The van der Waals surface area contributed by atoms with E-state index < -0.39 is 0 Å². The highest BCUT2D eigenvalue weighted by atomic mass is 32.1. The van der Waals surface area contributed by atoms with Crippen molar-refractivity contribution in [1.82, 2.24) is 10.3 Å². The summed E-state index contributed by atoms with van der Waals surface area (Å²) in [5.74, 6) is 1.88. The molecule has 1 aromatic heterocycles. The van der Waals surface area contributed by atoms with Crippen molar-refractivity contribution in [3.05, 3.63) is 15.6 Å². The summed E-state index contributed by atoms with van der Waals surface area (Å²) >= 11 is 1.91. The number of aromatic nitrogens is 1. The maximum absolute atomic E-state index is 5.17. The summed E-state index contributed by atoms with van der Waals surface area (Å²) in [5.41, 5.74) is 1.67. The van der Waals surface area contributed by atoms with Gasteiger partial charge in [0.1, 0.15) is 0 Å². The lowest BCUT2D eigenvalue weighted by Gasteiger charge is -2.37. The Morgan fingerprint density at radius 3 is 2.81 bits per heavy atom. The van der Waals surface area contributed by atoms with Gasteiger partial charge >= 0.3 is 0 Å². The highest BCUT2D eigenvalue weighted by Gasteiger charge is 2.50. The van der Waals surface area contributed by atoms with E-state index in [1.165, 1.54) is 47.7 Å². The summed E-state index contributed by atoms with van der Waals surface area (Å²) in [4.78, 5) is 6.20. The molecule has 3 unspecified atom stereocenters. The van der Waals surface area contributed by atoms with Gasteiger partial charge in [-0.2, -0.15) is 0 Å². The molecule has 1 N–H and O–H groups in total. The molecule has 0 aliphatic heterocycles. The van der Waals surface area contributed by atoms with E-state index in [0.717, 1.165) is 31.5 Å². The first-order chi connectivity index (χ1) is 10.1. The average molecular weight is 308 g/mol. The maximum Gasteiger partial charge on any atom is 0.0937 e. The Morgan fingerprint density at radius 2 is 2.24 bits per heavy atom. The lowest BCUT2D eigenvalue weighted by atomic mass is 9.71. The number of rotatable bonds is 7. The molecule has 1 aromatic rings. The van der Waals surface area contributed by atoms with Crippen LogP contribution in [0.5, 0.6) is 0 Å². The number of ether oxygens (including phenoxy) is 1. The van der Waals surface area contributed by atoms with Crippen molar-refractivity contribution >= 4 is 11.3 Å². The van der Waals surface area contributed by atoms with Crippen LogP contribution in [0, 0.1) is 31.1 Å². The predicted octanol–water partition coefficient (Wildman–Crippen LogP) is 3.34. The van der Waals surface area contributed by atoms with Gasteiger partial charge in [-0.1, -0.05) is 6.42 Å². The van der Waals surface area contributed by atoms with Gasteiger partial charge < -0.3 is 10.1 Å². The second kappa shape index (κ2) is 6.35. The van der Waals surface area contributed by atoms with E-state index in [-0.39, 0.29) is 0 Å². The summed E-state index contributed by atoms with van der Waals surface area (Å²) in [6, 6.07) is 0. The van der Waals surface area contributed by atoms with Crippen molar-refractivity contribution in [2.45, 2.75) is 46.0 Å². The largest absolute Gasteiger partial charge is 0.383 e. The van der Waals surface area contributed by atoms with Gasteiger partial charge in [0, 0.05) is 31.5 Å². The van der Waals surface area contributed by atoms with E-state index in [9.17, 15) is 0 Å². The van der Waals surface area contributed by atoms with E-state index in [1.807, 2.05) is 11.3 Å². The number of aryl methyl sites for hydroxylation is 2. The molecule has 118 valence electrons. The van der Waals surface area contributed by atoms with E-state index in [1.54, 1.807) is 7.11 Å². The van der Waals surface area contributed by atoms with Crippen LogP contribution in [0.4, 0.5) is 0 Å². The number of hydrogen-bond acceptors (Lipinski definition) is 4. The molecular weight excluding hydrogens is 280 g/mol. The average Bonchev–Trinajstić information content (AvgIpc) is 3.11. The zero-order chi connectivity index (χ0) is 14.9. The molecule has 2 fully saturated rings. The summed E-state index contributed by atoms with van der Waals surface area (Å²) in [5, 5.41) is 5.00. The molecule has 21 heavy (non-hydrogen) atoms. The molecule has 2 aliphatic rings. The van der Waals surface area contributed by atoms with Gasteiger partial charge in [-0.05, 0) is 50.4 Å². The van der Waals surface area contributed by atoms with Gasteiger partial charge in [0.25, 0.3) is 0 Å². The summed E-state index contributed by atoms with van der Waals surface area (Å²) in [7, 11) is 1.77. The summed E-state index contributed by atoms with van der Waals surface area (Å²) in [6.07, 6.45) is 6.92. The van der Waals surface area contributed by atoms with E-state index in [0.29, 0.717) is 5.41 Å². The Labute approximate surface area is 132 Å². The predicted molar refractivity (Wildman–Crippen MR) is 87.9 cm³/mol. The van der Waals surface area contributed by atoms with Crippen molar-refractivity contribution in [2.24, 2.45) is 17.3 Å². The zero-order valence-corrected chi connectivity index (χ0v) is 14.4. The first-order valence-electron chi connectivity index (χ1n) is 8.25. The third kappa shape index (κ3) is 3.17. The maximum atomic E-state index is 5.17. The fourth-order valence-corrected chi connectivity index (χ4v) is 5.57. The van der Waals surface area contributed by atoms with Crippen LogP contribution >= 0.6 is 11.3 Å². The van der Waals surface area contributed by atoms with Crippen molar-refractivity contribution in [1.29, 1.82) is 0 Å². The lowest BCUT2D eigenvalue weighted by molar-refractivity contribution is 0.145. The molecule has 1 heterocycles. The number of methoxy groups -OCH3 is 1. The molecule has 3 nitrogen and oxygen atoms in total.